The van der Waals surface area contributed by atoms with Crippen LogP contribution in [0.15, 0.2) is 45.9 Å². The number of methoxy groups -OCH3 is 2. The fraction of sp³-hybridized carbons (Fsp3) is 0.393. The van der Waals surface area contributed by atoms with Crippen molar-refractivity contribution >= 4 is 33.0 Å². The van der Waals surface area contributed by atoms with Crippen molar-refractivity contribution in [2.45, 2.75) is 43.9 Å². The molecule has 1 aromatic heterocycles. The molecule has 1 saturated heterocycles. The molecule has 6 aliphatic rings. The number of rotatable bonds is 3. The van der Waals surface area contributed by atoms with Gasteiger partial charge in [0.15, 0.2) is 11.6 Å². The Bertz CT molecular complexity index is 1500. The summed E-state index contributed by atoms with van der Waals surface area (Å²) in [7, 11) is 3.20. The standard InChI is InChI=1S/C28H27N5O3S/c1-35-15-6-7-20(36-2)16(12-15)22-17(13-29)26-31-25(30)24-21-14-8-10-32(11-9-14)27(21)37-28(24)33(26)18-4-3-5-19(34)23(18)22/h6-7,12,14,22H,3-5,8-11H2,1-2H3,(H2,30,31). The molecule has 9 heteroatoms. The summed E-state index contributed by atoms with van der Waals surface area (Å²) in [5.41, 5.74) is 11.7. The molecule has 0 amide bonds. The molecule has 1 atom stereocenters. The summed E-state index contributed by atoms with van der Waals surface area (Å²) in [6.45, 7) is 2.12. The van der Waals surface area contributed by atoms with Crippen LogP contribution in [-0.2, 0) is 4.79 Å². The van der Waals surface area contributed by atoms with Gasteiger partial charge in [-0.25, -0.2) is 4.99 Å². The number of carbonyl (C=O) groups excluding carboxylic acids is 1. The van der Waals surface area contributed by atoms with Gasteiger partial charge in [-0.3, -0.25) is 9.69 Å². The quantitative estimate of drug-likeness (QED) is 0.643. The Morgan fingerprint density at radius 1 is 1.16 bits per heavy atom. The number of ketones is 1. The summed E-state index contributed by atoms with van der Waals surface area (Å²) in [6.07, 6.45) is 4.20. The Morgan fingerprint density at radius 2 is 1.97 bits per heavy atom. The highest BCUT2D eigenvalue weighted by molar-refractivity contribution is 7.21. The van der Waals surface area contributed by atoms with Gasteiger partial charge in [0.1, 0.15) is 22.3 Å². The van der Waals surface area contributed by atoms with Crippen LogP contribution < -0.4 is 25.0 Å². The van der Waals surface area contributed by atoms with Gasteiger partial charge >= 0.3 is 0 Å². The number of hydrogen-bond acceptors (Lipinski definition) is 9. The predicted octanol–water partition coefficient (Wildman–Crippen LogP) is 4.53. The smallest absolute Gasteiger partial charge is 0.161 e. The Hall–Kier alpha value is -3.77. The molecule has 2 N–H and O–H groups in total. The molecule has 8 rings (SSSR count). The van der Waals surface area contributed by atoms with Gasteiger partial charge in [-0.2, -0.15) is 5.26 Å². The molecule has 8 nitrogen and oxygen atoms in total. The highest BCUT2D eigenvalue weighted by Crippen LogP contribution is 2.58. The van der Waals surface area contributed by atoms with Gasteiger partial charge in [-0.15, -0.1) is 0 Å². The van der Waals surface area contributed by atoms with Crippen molar-refractivity contribution in [1.29, 1.82) is 5.26 Å². The molecule has 0 saturated carbocycles. The first-order chi connectivity index (χ1) is 18.0. The van der Waals surface area contributed by atoms with Gasteiger partial charge in [0.05, 0.1) is 42.3 Å². The Kier molecular flexibility index (Phi) is 4.92. The first-order valence-electron chi connectivity index (χ1n) is 12.7. The zero-order chi connectivity index (χ0) is 25.4. The van der Waals surface area contributed by atoms with Crippen LogP contribution in [0.2, 0.25) is 0 Å². The number of nitrogens with zero attached hydrogens (tertiary/aromatic N) is 4. The fourth-order valence-electron chi connectivity index (χ4n) is 6.73. The molecule has 1 unspecified atom stereocenters. The van der Waals surface area contributed by atoms with Crippen molar-refractivity contribution in [2.24, 2.45) is 10.7 Å². The normalized spacial score (nSPS) is 22.2. The molecule has 2 aromatic rings. The second-order valence-electron chi connectivity index (χ2n) is 10.1. The second-order valence-corrected chi connectivity index (χ2v) is 11.1. The number of ether oxygens (including phenoxy) is 2. The molecule has 37 heavy (non-hydrogen) atoms. The minimum Gasteiger partial charge on any atom is -0.497 e. The third kappa shape index (κ3) is 2.99. The number of thiophene rings is 1. The first kappa shape index (κ1) is 22.4. The van der Waals surface area contributed by atoms with Gasteiger partial charge in [0, 0.05) is 41.9 Å². The number of carbonyl (C=O) groups is 1. The minimum atomic E-state index is -0.600. The van der Waals surface area contributed by atoms with E-state index in [1.807, 2.05) is 18.2 Å². The number of hydrogen-bond donors (Lipinski definition) is 1. The lowest BCUT2D eigenvalue weighted by Gasteiger charge is -2.41. The van der Waals surface area contributed by atoms with Crippen LogP contribution in [0.1, 0.15) is 60.6 Å². The van der Waals surface area contributed by atoms with Crippen molar-refractivity contribution in [3.8, 4) is 17.6 Å². The van der Waals surface area contributed by atoms with E-state index in [4.69, 9.17) is 20.2 Å². The second kappa shape index (κ2) is 8.12. The molecule has 188 valence electrons. The third-order valence-electron chi connectivity index (χ3n) is 8.38. The van der Waals surface area contributed by atoms with Gasteiger partial charge in [-0.05, 0) is 49.8 Å². The molecule has 1 aromatic carbocycles. The topological polar surface area (TPSA) is 104 Å². The number of anilines is 2. The van der Waals surface area contributed by atoms with E-state index in [-0.39, 0.29) is 5.78 Å². The highest BCUT2D eigenvalue weighted by atomic mass is 32.1. The van der Waals surface area contributed by atoms with Crippen LogP contribution in [0, 0.1) is 11.3 Å². The zero-order valence-corrected chi connectivity index (χ0v) is 21.7. The summed E-state index contributed by atoms with van der Waals surface area (Å²) in [4.78, 5) is 23.1. The van der Waals surface area contributed by atoms with Crippen LogP contribution in [0.4, 0.5) is 10.0 Å². The van der Waals surface area contributed by atoms with E-state index in [9.17, 15) is 10.1 Å². The number of piperidine rings is 1. The summed E-state index contributed by atoms with van der Waals surface area (Å²) >= 11 is 1.73. The highest BCUT2D eigenvalue weighted by Gasteiger charge is 2.47. The number of nitriles is 1. The number of benzene rings is 1. The van der Waals surface area contributed by atoms with E-state index in [1.165, 1.54) is 10.6 Å². The fourth-order valence-corrected chi connectivity index (χ4v) is 8.21. The lowest BCUT2D eigenvalue weighted by atomic mass is 9.75. The van der Waals surface area contributed by atoms with Crippen LogP contribution in [0.3, 0.4) is 0 Å². The molecule has 6 heterocycles. The molecule has 1 aliphatic carbocycles. The number of Topliss-reactive ketones (excluding diaryl/α,β-unsaturated/α-hetero) is 1. The lowest BCUT2D eigenvalue weighted by Crippen LogP contribution is -2.40. The van der Waals surface area contributed by atoms with Crippen molar-refractivity contribution in [3.05, 3.63) is 57.6 Å². The molecule has 5 aliphatic heterocycles. The molecule has 0 spiro atoms. The average molecular weight is 514 g/mol. The molecular weight excluding hydrogens is 486 g/mol. The maximum absolute atomic E-state index is 13.6. The van der Waals surface area contributed by atoms with Crippen LogP contribution in [0.5, 0.6) is 11.5 Å². The summed E-state index contributed by atoms with van der Waals surface area (Å²) < 4.78 is 11.2. The monoisotopic (exact) mass is 513 g/mol. The first-order valence-corrected chi connectivity index (χ1v) is 13.6. The van der Waals surface area contributed by atoms with Gasteiger partial charge in [-0.1, -0.05) is 11.3 Å². The van der Waals surface area contributed by atoms with Gasteiger partial charge in [0.25, 0.3) is 0 Å². The van der Waals surface area contributed by atoms with E-state index in [0.717, 1.165) is 60.6 Å². The van der Waals surface area contributed by atoms with E-state index < -0.39 is 5.92 Å². The number of fused-ring (bicyclic) bond motifs is 6. The maximum atomic E-state index is 13.6. The molecular formula is C28H27N5O3S. The molecule has 1 fully saturated rings. The van der Waals surface area contributed by atoms with Gasteiger partial charge in [0.2, 0.25) is 0 Å². The maximum Gasteiger partial charge on any atom is 0.161 e. The lowest BCUT2D eigenvalue weighted by molar-refractivity contribution is -0.116. The third-order valence-corrected chi connectivity index (χ3v) is 9.63. The summed E-state index contributed by atoms with van der Waals surface area (Å²) in [5, 5.41) is 12.8. The van der Waals surface area contributed by atoms with Crippen LogP contribution in [-0.4, -0.2) is 38.9 Å². The Labute approximate surface area is 219 Å². The number of allylic oxidation sites excluding steroid dienone is 3. The van der Waals surface area contributed by atoms with Crippen LogP contribution >= 0.6 is 11.3 Å². The SMILES string of the molecule is COc1ccc(OC)c(C2C(C#N)=C3N=C(N)c4c(sc5c4C4CCN5CC4)N3C3=C2C(=O)CCC3)c1. The van der Waals surface area contributed by atoms with Crippen molar-refractivity contribution < 1.29 is 14.3 Å². The minimum absolute atomic E-state index is 0.0668. The average Bonchev–Trinajstić information content (AvgIpc) is 3.36. The predicted molar refractivity (Wildman–Crippen MR) is 143 cm³/mol. The molecule has 0 radical (unpaired) electrons. The van der Waals surface area contributed by atoms with Crippen LogP contribution in [0.25, 0.3) is 0 Å². The largest absolute Gasteiger partial charge is 0.497 e. The van der Waals surface area contributed by atoms with Crippen molar-refractivity contribution in [1.82, 2.24) is 0 Å². The van der Waals surface area contributed by atoms with E-state index >= 15 is 0 Å². The van der Waals surface area contributed by atoms with E-state index in [2.05, 4.69) is 15.9 Å². The summed E-state index contributed by atoms with van der Waals surface area (Å²) in [6, 6.07) is 7.92. The number of aliphatic imine (C=N–C) groups is 1. The van der Waals surface area contributed by atoms with Crippen molar-refractivity contribution in [2.75, 3.05) is 37.1 Å². The number of amidine groups is 1. The van der Waals surface area contributed by atoms with E-state index in [1.54, 1.807) is 25.6 Å². The molecule has 2 bridgehead atoms. The van der Waals surface area contributed by atoms with Gasteiger partial charge < -0.3 is 20.1 Å². The number of nitrogens with two attached hydrogens (primary N) is 1. The Morgan fingerprint density at radius 3 is 2.70 bits per heavy atom. The Balaban J connectivity index is 1.51. The summed E-state index contributed by atoms with van der Waals surface area (Å²) in [5.74, 6) is 2.17. The van der Waals surface area contributed by atoms with E-state index in [0.29, 0.717) is 46.6 Å². The zero-order valence-electron chi connectivity index (χ0n) is 20.8. The van der Waals surface area contributed by atoms with Crippen molar-refractivity contribution in [3.63, 3.8) is 0 Å².